The minimum Gasteiger partial charge on any atom is -0.491 e. The van der Waals surface area contributed by atoms with Crippen LogP contribution in [-0.4, -0.2) is 7.11 Å². The molecular weight excluding hydrogens is 378 g/mol. The first-order valence-corrected chi connectivity index (χ1v) is 12.2. The maximum absolute atomic E-state index is 14.1. The minimum atomic E-state index is -0.573. The predicted octanol–water partition coefficient (Wildman–Crippen LogP) is 8.05. The van der Waals surface area contributed by atoms with Crippen LogP contribution >= 0.6 is 0 Å². The molecule has 166 valence electrons. The van der Waals surface area contributed by atoms with E-state index in [1.807, 2.05) is 0 Å². The zero-order valence-corrected chi connectivity index (χ0v) is 18.6. The molecule has 3 fully saturated rings. The van der Waals surface area contributed by atoms with Gasteiger partial charge >= 0.3 is 0 Å². The fourth-order valence-corrected chi connectivity index (χ4v) is 7.00. The molecule has 0 radical (unpaired) electrons. The smallest absolute Gasteiger partial charge is 0.190 e. The van der Waals surface area contributed by atoms with Crippen LogP contribution in [0.2, 0.25) is 0 Å². The highest BCUT2D eigenvalue weighted by Crippen LogP contribution is 2.50. The van der Waals surface area contributed by atoms with Gasteiger partial charge < -0.3 is 4.74 Å². The molecule has 1 aromatic rings. The molecule has 0 amide bonds. The van der Waals surface area contributed by atoms with E-state index in [2.05, 4.69) is 12.7 Å². The third-order valence-electron chi connectivity index (χ3n) is 8.68. The average molecular weight is 417 g/mol. The standard InChI is InChI=1S/C27H38F2O/c1-3-4-5-18-6-7-23-15-22(13-12-21(23)14-18)19-8-10-20(11-9-19)24-16-25(28)27(30-2)26(29)17-24/h3,16-23H,1,4-15H2,2H3. The largest absolute Gasteiger partial charge is 0.491 e. The molecular formula is C27H38F2O. The topological polar surface area (TPSA) is 9.23 Å². The highest BCUT2D eigenvalue weighted by atomic mass is 19.1. The van der Waals surface area contributed by atoms with E-state index in [4.69, 9.17) is 4.74 Å². The van der Waals surface area contributed by atoms with Crippen molar-refractivity contribution in [2.45, 2.75) is 83.0 Å². The van der Waals surface area contributed by atoms with Crippen LogP contribution in [0.15, 0.2) is 24.8 Å². The van der Waals surface area contributed by atoms with Crippen LogP contribution in [0, 0.1) is 41.2 Å². The van der Waals surface area contributed by atoms with Gasteiger partial charge in [-0.15, -0.1) is 6.58 Å². The van der Waals surface area contributed by atoms with E-state index in [0.29, 0.717) is 0 Å². The number of fused-ring (bicyclic) bond motifs is 1. The number of halogens is 2. The lowest BCUT2D eigenvalue weighted by Gasteiger charge is -2.45. The number of benzene rings is 1. The van der Waals surface area contributed by atoms with Crippen LogP contribution in [0.25, 0.3) is 0 Å². The van der Waals surface area contributed by atoms with Gasteiger partial charge in [0.2, 0.25) is 0 Å². The molecule has 1 nitrogen and oxygen atoms in total. The Labute approximate surface area is 181 Å². The normalized spacial score (nSPS) is 34.2. The van der Waals surface area contributed by atoms with Crippen molar-refractivity contribution in [2.24, 2.45) is 29.6 Å². The van der Waals surface area contributed by atoms with Crippen molar-refractivity contribution in [2.75, 3.05) is 7.11 Å². The second-order valence-corrected chi connectivity index (χ2v) is 10.3. The van der Waals surface area contributed by atoms with Gasteiger partial charge in [-0.1, -0.05) is 12.5 Å². The lowest BCUT2D eigenvalue weighted by atomic mass is 9.60. The van der Waals surface area contributed by atoms with E-state index < -0.39 is 11.6 Å². The molecule has 3 aliphatic rings. The SMILES string of the molecule is C=CCCC1CCC2CC(C3CCC(c4cc(F)c(OC)c(F)c4)CC3)CCC2C1. The molecule has 0 spiro atoms. The lowest BCUT2D eigenvalue weighted by molar-refractivity contribution is 0.0621. The molecule has 0 aromatic heterocycles. The fraction of sp³-hybridized carbons (Fsp3) is 0.704. The summed E-state index contributed by atoms with van der Waals surface area (Å²) < 4.78 is 33.1. The number of hydrogen-bond donors (Lipinski definition) is 0. The number of methoxy groups -OCH3 is 1. The van der Waals surface area contributed by atoms with Crippen LogP contribution in [-0.2, 0) is 0 Å². The second kappa shape index (κ2) is 9.83. The molecule has 1 aromatic carbocycles. The monoisotopic (exact) mass is 416 g/mol. The highest BCUT2D eigenvalue weighted by molar-refractivity contribution is 5.33. The van der Waals surface area contributed by atoms with E-state index in [-0.39, 0.29) is 11.7 Å². The van der Waals surface area contributed by atoms with Crippen molar-refractivity contribution < 1.29 is 13.5 Å². The molecule has 3 saturated carbocycles. The third kappa shape index (κ3) is 4.75. The van der Waals surface area contributed by atoms with Gasteiger partial charge in [0.1, 0.15) is 0 Å². The van der Waals surface area contributed by atoms with Gasteiger partial charge in [-0.2, -0.15) is 0 Å². The molecule has 0 bridgehead atoms. The summed E-state index contributed by atoms with van der Waals surface area (Å²) in [6, 6.07) is 2.98. The summed E-state index contributed by atoms with van der Waals surface area (Å²) in [7, 11) is 1.31. The molecule has 3 aliphatic carbocycles. The average Bonchev–Trinajstić information content (AvgIpc) is 2.77. The maximum Gasteiger partial charge on any atom is 0.190 e. The molecule has 30 heavy (non-hydrogen) atoms. The Bertz CT molecular complexity index is 699. The molecule has 0 N–H and O–H groups in total. The summed E-state index contributed by atoms with van der Waals surface area (Å²) in [4.78, 5) is 0. The van der Waals surface area contributed by atoms with Crippen molar-refractivity contribution in [3.63, 3.8) is 0 Å². The Balaban J connectivity index is 1.29. The Morgan fingerprint density at radius 3 is 2.07 bits per heavy atom. The lowest BCUT2D eigenvalue weighted by Crippen LogP contribution is -2.34. The second-order valence-electron chi connectivity index (χ2n) is 10.3. The first kappa shape index (κ1) is 21.8. The van der Waals surface area contributed by atoms with E-state index in [9.17, 15) is 8.78 Å². The maximum atomic E-state index is 14.1. The van der Waals surface area contributed by atoms with Gasteiger partial charge in [0.05, 0.1) is 7.11 Å². The zero-order valence-electron chi connectivity index (χ0n) is 18.6. The van der Waals surface area contributed by atoms with Crippen molar-refractivity contribution >= 4 is 0 Å². The van der Waals surface area contributed by atoms with Gasteiger partial charge in [0.25, 0.3) is 0 Å². The van der Waals surface area contributed by atoms with Crippen molar-refractivity contribution in [3.05, 3.63) is 42.0 Å². The van der Waals surface area contributed by atoms with E-state index in [1.165, 1.54) is 83.5 Å². The quantitative estimate of drug-likeness (QED) is 0.426. The summed E-state index contributed by atoms with van der Waals surface area (Å²) in [5, 5.41) is 0. The summed E-state index contributed by atoms with van der Waals surface area (Å²) in [5.41, 5.74) is 0.811. The van der Waals surface area contributed by atoms with Gasteiger partial charge in [-0.25, -0.2) is 8.78 Å². The summed E-state index contributed by atoms with van der Waals surface area (Å²) in [5.74, 6) is 3.42. The van der Waals surface area contributed by atoms with E-state index in [0.717, 1.165) is 48.0 Å². The van der Waals surface area contributed by atoms with Crippen molar-refractivity contribution in [1.82, 2.24) is 0 Å². The molecule has 3 heteroatoms. The van der Waals surface area contributed by atoms with Crippen LogP contribution in [0.4, 0.5) is 8.78 Å². The van der Waals surface area contributed by atoms with Gasteiger partial charge in [0.15, 0.2) is 17.4 Å². The fourth-order valence-electron chi connectivity index (χ4n) is 7.00. The van der Waals surface area contributed by atoms with Crippen molar-refractivity contribution in [1.29, 1.82) is 0 Å². The molecule has 0 aliphatic heterocycles. The molecule has 0 heterocycles. The number of allylic oxidation sites excluding steroid dienone is 1. The minimum absolute atomic E-state index is 0.261. The van der Waals surface area contributed by atoms with E-state index in [1.54, 1.807) is 0 Å². The number of hydrogen-bond acceptors (Lipinski definition) is 1. The highest BCUT2D eigenvalue weighted by Gasteiger charge is 2.38. The van der Waals surface area contributed by atoms with Gasteiger partial charge in [0, 0.05) is 0 Å². The molecule has 4 rings (SSSR count). The Morgan fingerprint density at radius 1 is 0.867 bits per heavy atom. The first-order valence-electron chi connectivity index (χ1n) is 12.2. The Hall–Kier alpha value is -1.38. The van der Waals surface area contributed by atoms with Crippen molar-refractivity contribution in [3.8, 4) is 5.75 Å². The molecule has 4 atom stereocenters. The predicted molar refractivity (Wildman–Crippen MR) is 119 cm³/mol. The Morgan fingerprint density at radius 2 is 1.43 bits per heavy atom. The summed E-state index contributed by atoms with van der Waals surface area (Å²) in [6.45, 7) is 3.89. The van der Waals surface area contributed by atoms with Crippen LogP contribution < -0.4 is 4.74 Å². The number of ether oxygens (including phenoxy) is 1. The summed E-state index contributed by atoms with van der Waals surface area (Å²) in [6.07, 6.45) is 17.7. The van der Waals surface area contributed by atoms with Gasteiger partial charge in [-0.3, -0.25) is 0 Å². The van der Waals surface area contributed by atoms with E-state index >= 15 is 0 Å². The third-order valence-corrected chi connectivity index (χ3v) is 8.68. The van der Waals surface area contributed by atoms with Crippen LogP contribution in [0.3, 0.4) is 0 Å². The summed E-state index contributed by atoms with van der Waals surface area (Å²) >= 11 is 0. The number of rotatable bonds is 6. The Kier molecular flexibility index (Phi) is 7.16. The van der Waals surface area contributed by atoms with Gasteiger partial charge in [-0.05, 0) is 124 Å². The van der Waals surface area contributed by atoms with Crippen LogP contribution in [0.5, 0.6) is 5.75 Å². The van der Waals surface area contributed by atoms with Crippen LogP contribution in [0.1, 0.15) is 88.5 Å². The zero-order chi connectivity index (χ0) is 21.1. The molecule has 0 saturated heterocycles. The molecule has 4 unspecified atom stereocenters. The first-order chi connectivity index (χ1) is 14.6.